The van der Waals surface area contributed by atoms with Gasteiger partial charge in [0.2, 0.25) is 0 Å². The van der Waals surface area contributed by atoms with Gasteiger partial charge in [-0.15, -0.1) is 11.8 Å². The van der Waals surface area contributed by atoms with E-state index in [1.807, 2.05) is 0 Å². The molecule has 1 unspecified atom stereocenters. The van der Waals surface area contributed by atoms with Crippen LogP contribution in [-0.4, -0.2) is 83.0 Å². The van der Waals surface area contributed by atoms with E-state index < -0.39 is 75.1 Å². The van der Waals surface area contributed by atoms with Crippen molar-refractivity contribution in [3.63, 3.8) is 0 Å². The van der Waals surface area contributed by atoms with E-state index in [1.165, 1.54) is 54.6 Å². The molecule has 17 heteroatoms. The number of aromatic nitrogens is 1. The third kappa shape index (κ3) is 6.06. The Kier molecular flexibility index (Phi) is 8.40. The number of alkyl halides is 3. The maximum Gasteiger partial charge on any atom is 0.471 e. The Balaban J connectivity index is 1.47. The Morgan fingerprint density at radius 3 is 2.19 bits per heavy atom. The normalized spacial score (nSPS) is 20.5. The van der Waals surface area contributed by atoms with Crippen molar-refractivity contribution in [1.29, 1.82) is 0 Å². The van der Waals surface area contributed by atoms with Crippen LogP contribution in [0.25, 0.3) is 11.3 Å². The predicted octanol–water partition coefficient (Wildman–Crippen LogP) is 2.43. The monoisotopic (exact) mass is 673 g/mol. The number of nitrogens with two attached hydrogens (primary N) is 1. The van der Waals surface area contributed by atoms with E-state index in [-0.39, 0.29) is 22.7 Å². The summed E-state index contributed by atoms with van der Waals surface area (Å²) in [7, 11) is 0. The first-order chi connectivity index (χ1) is 21.9. The van der Waals surface area contributed by atoms with Gasteiger partial charge in [-0.2, -0.15) is 13.2 Å². The minimum atomic E-state index is -5.09. The molecule has 0 aliphatic carbocycles. The molecule has 0 saturated carbocycles. The van der Waals surface area contributed by atoms with Crippen LogP contribution >= 0.6 is 11.8 Å². The van der Waals surface area contributed by atoms with Gasteiger partial charge in [0.05, 0.1) is 0 Å². The Hall–Kier alpha value is -5.16. The highest BCUT2D eigenvalue weighted by Gasteiger charge is 2.66. The number of carbonyl (C=O) groups is 5. The van der Waals surface area contributed by atoms with Gasteiger partial charge >= 0.3 is 18.1 Å². The molecule has 2 saturated heterocycles. The lowest BCUT2D eigenvalue weighted by Crippen LogP contribution is -2.72. The molecule has 6 N–H and O–H groups in total. The fraction of sp³-hybridized carbons (Fsp3) is 0.267. The molecule has 246 valence electrons. The van der Waals surface area contributed by atoms with Crippen molar-refractivity contribution in [3.8, 4) is 17.0 Å². The number of phenols is 1. The first kappa shape index (κ1) is 33.2. The van der Waals surface area contributed by atoms with Crippen LogP contribution in [0.3, 0.4) is 0 Å². The molecule has 47 heavy (non-hydrogen) atoms. The fourth-order valence-corrected chi connectivity index (χ4v) is 7.12. The summed E-state index contributed by atoms with van der Waals surface area (Å²) in [6.07, 6.45) is -5.09. The highest BCUT2D eigenvalue weighted by Crippen LogP contribution is 2.52. The van der Waals surface area contributed by atoms with E-state index in [0.29, 0.717) is 10.5 Å². The molecule has 2 aliphatic heterocycles. The van der Waals surface area contributed by atoms with Gasteiger partial charge in [-0.1, -0.05) is 24.3 Å². The zero-order valence-corrected chi connectivity index (χ0v) is 25.3. The molecule has 4 amide bonds. The Morgan fingerprint density at radius 2 is 1.64 bits per heavy atom. The number of benzene rings is 2. The fourth-order valence-electron chi connectivity index (χ4n) is 5.44. The van der Waals surface area contributed by atoms with Crippen molar-refractivity contribution in [1.82, 2.24) is 14.8 Å². The predicted molar refractivity (Wildman–Crippen MR) is 161 cm³/mol. The number of anilines is 1. The number of aromatic hydroxyl groups is 1. The zero-order valence-electron chi connectivity index (χ0n) is 24.4. The third-order valence-electron chi connectivity index (χ3n) is 7.75. The van der Waals surface area contributed by atoms with Crippen LogP contribution in [0.1, 0.15) is 35.8 Å². The number of halogens is 3. The molecule has 2 fully saturated rings. The van der Waals surface area contributed by atoms with E-state index in [1.54, 1.807) is 19.2 Å². The lowest BCUT2D eigenvalue weighted by atomic mass is 9.94. The topological polar surface area (TPSA) is 203 Å². The number of amides is 4. The standard InChI is InChI=1S/C30H26F3N5O8S/c1-29(2)21(27(44)45)38-25(43)20(26(38)47-29)37(24(42)19(34)14-5-9-16(39)10-6-14)23(41)17-11-12-18(36-22(17)40)13-3-7-15(8-4-13)35-28(46)30(31,32)33/h3-12,19-21,26,39H,34H2,1-2H3,(H,35,46)(H,36,40)(H,44,45)/t19?,20-,21+,26-/m1/s1. The van der Waals surface area contributed by atoms with Gasteiger partial charge in [0.1, 0.15) is 34.8 Å². The molecule has 0 spiro atoms. The molecule has 0 radical (unpaired) electrons. The molecule has 0 bridgehead atoms. The van der Waals surface area contributed by atoms with Crippen LogP contribution in [0, 0.1) is 0 Å². The van der Waals surface area contributed by atoms with Gasteiger partial charge in [-0.25, -0.2) is 4.79 Å². The lowest BCUT2D eigenvalue weighted by molar-refractivity contribution is -0.167. The van der Waals surface area contributed by atoms with Crippen LogP contribution in [0.15, 0.2) is 65.5 Å². The Labute approximate surface area is 267 Å². The smallest absolute Gasteiger partial charge is 0.471 e. The van der Waals surface area contributed by atoms with E-state index in [4.69, 9.17) is 5.73 Å². The number of H-pyrrole nitrogens is 1. The van der Waals surface area contributed by atoms with Gasteiger partial charge in [-0.05, 0) is 61.4 Å². The second-order valence-corrected chi connectivity index (χ2v) is 13.0. The summed E-state index contributed by atoms with van der Waals surface area (Å²) in [5.74, 6) is -6.64. The number of nitrogens with zero attached hydrogens (tertiary/aromatic N) is 2. The summed E-state index contributed by atoms with van der Waals surface area (Å²) in [6.45, 7) is 3.21. The highest BCUT2D eigenvalue weighted by atomic mass is 32.2. The van der Waals surface area contributed by atoms with E-state index in [2.05, 4.69) is 4.98 Å². The quantitative estimate of drug-likeness (QED) is 0.232. The highest BCUT2D eigenvalue weighted by molar-refractivity contribution is 8.01. The van der Waals surface area contributed by atoms with Crippen molar-refractivity contribution >= 4 is 47.0 Å². The summed E-state index contributed by atoms with van der Waals surface area (Å²) < 4.78 is 36.7. The number of carboxylic acid groups (broad SMARTS) is 1. The first-order valence-corrected chi connectivity index (χ1v) is 14.7. The number of fused-ring (bicyclic) bond motifs is 1. The number of hydrogen-bond donors (Lipinski definition) is 5. The number of phenolic OH excluding ortho intramolecular Hbond substituents is 1. The molecule has 13 nitrogen and oxygen atoms in total. The number of aliphatic carboxylic acids is 1. The van der Waals surface area contributed by atoms with E-state index in [9.17, 15) is 52.2 Å². The summed E-state index contributed by atoms with van der Waals surface area (Å²) in [5, 5.41) is 20.2. The zero-order chi connectivity index (χ0) is 34.6. The van der Waals surface area contributed by atoms with Crippen LogP contribution in [-0.2, 0) is 19.2 Å². The van der Waals surface area contributed by atoms with Crippen molar-refractivity contribution in [3.05, 3.63) is 82.1 Å². The third-order valence-corrected chi connectivity index (χ3v) is 9.31. The Morgan fingerprint density at radius 1 is 1.02 bits per heavy atom. The lowest BCUT2D eigenvalue weighted by Gasteiger charge is -2.47. The molecule has 2 aromatic carbocycles. The summed E-state index contributed by atoms with van der Waals surface area (Å²) in [5.41, 5.74) is 5.11. The number of rotatable bonds is 7. The van der Waals surface area contributed by atoms with Gasteiger partial charge in [0.15, 0.2) is 0 Å². The maximum absolute atomic E-state index is 14.0. The van der Waals surface area contributed by atoms with Crippen LogP contribution < -0.4 is 16.6 Å². The van der Waals surface area contributed by atoms with Gasteiger partial charge in [0, 0.05) is 16.1 Å². The second kappa shape index (κ2) is 11.9. The maximum atomic E-state index is 14.0. The molecular formula is C30H26F3N5O8S. The van der Waals surface area contributed by atoms with E-state index in [0.717, 1.165) is 22.7 Å². The van der Waals surface area contributed by atoms with Crippen molar-refractivity contribution in [2.45, 2.75) is 48.3 Å². The average molecular weight is 674 g/mol. The number of pyridine rings is 1. The van der Waals surface area contributed by atoms with E-state index >= 15 is 0 Å². The molecule has 3 heterocycles. The van der Waals surface area contributed by atoms with Gasteiger partial charge in [0.25, 0.3) is 23.3 Å². The second-order valence-electron chi connectivity index (χ2n) is 11.3. The van der Waals surface area contributed by atoms with Crippen LogP contribution in [0.5, 0.6) is 5.75 Å². The van der Waals surface area contributed by atoms with Crippen LogP contribution in [0.4, 0.5) is 18.9 Å². The van der Waals surface area contributed by atoms with Crippen molar-refractivity contribution in [2.75, 3.05) is 5.32 Å². The van der Waals surface area contributed by atoms with Crippen LogP contribution in [0.2, 0.25) is 0 Å². The van der Waals surface area contributed by atoms with Crippen molar-refractivity contribution in [2.24, 2.45) is 5.73 Å². The number of thioether (sulfide) groups is 1. The molecular weight excluding hydrogens is 647 g/mol. The number of hydrogen-bond acceptors (Lipinski definition) is 9. The molecule has 2 aliphatic rings. The number of carbonyl (C=O) groups excluding carboxylic acids is 4. The number of nitrogens with one attached hydrogen (secondary N) is 2. The minimum Gasteiger partial charge on any atom is -0.508 e. The van der Waals surface area contributed by atoms with Crippen molar-refractivity contribution < 1.29 is 47.4 Å². The number of β-lactam (4-membered cyclic amide) rings is 1. The largest absolute Gasteiger partial charge is 0.508 e. The summed E-state index contributed by atoms with van der Waals surface area (Å²) >= 11 is 1.07. The molecule has 1 aromatic heterocycles. The number of imide groups is 1. The Bertz CT molecular complexity index is 1850. The number of aromatic amines is 1. The summed E-state index contributed by atoms with van der Waals surface area (Å²) in [4.78, 5) is 81.9. The SMILES string of the molecule is CC1(C)S[C@@H]2[C@H](N(C(=O)c3ccc(-c4ccc(NC(=O)C(F)(F)F)cc4)[nH]c3=O)C(=O)C(N)c3ccc(O)cc3)C(=O)N2[C@H]1C(=O)O. The summed E-state index contributed by atoms with van der Waals surface area (Å²) in [6, 6.07) is 8.27. The van der Waals surface area contributed by atoms with Gasteiger partial charge in [-0.3, -0.25) is 28.9 Å². The molecule has 4 atom stereocenters. The number of carboxylic acids is 1. The van der Waals surface area contributed by atoms with Gasteiger partial charge < -0.3 is 31.1 Å². The molecule has 3 aromatic rings. The molecule has 5 rings (SSSR count). The average Bonchev–Trinajstić information content (AvgIpc) is 3.26. The first-order valence-electron chi connectivity index (χ1n) is 13.8. The minimum absolute atomic E-state index is 0.122.